The summed E-state index contributed by atoms with van der Waals surface area (Å²) >= 11 is 0. The molecule has 0 unspecified atom stereocenters. The summed E-state index contributed by atoms with van der Waals surface area (Å²) < 4.78 is 52.1. The van der Waals surface area contributed by atoms with Crippen LogP contribution in [-0.2, 0) is 14.8 Å². The van der Waals surface area contributed by atoms with E-state index in [1.165, 1.54) is 11.1 Å². The number of carbonyl (C=O) groups is 2. The van der Waals surface area contributed by atoms with Crippen LogP contribution in [0.4, 0.5) is 14.5 Å². The van der Waals surface area contributed by atoms with Crippen LogP contribution in [0.2, 0.25) is 0 Å². The summed E-state index contributed by atoms with van der Waals surface area (Å²) in [6, 6.07) is 1.72. The zero-order valence-corrected chi connectivity index (χ0v) is 15.7. The van der Waals surface area contributed by atoms with Gasteiger partial charge in [-0.3, -0.25) is 13.9 Å². The lowest BCUT2D eigenvalue weighted by Crippen LogP contribution is -2.29. The molecule has 6 nitrogen and oxygen atoms in total. The maximum atomic E-state index is 14.4. The molecular formula is C17H20F2N2O4S. The molecule has 0 amide bonds. The summed E-state index contributed by atoms with van der Waals surface area (Å²) in [5.41, 5.74) is -1.30. The number of anilines is 1. The fraction of sp³-hybridized carbons (Fsp3) is 0.412. The Kier molecular flexibility index (Phi) is 5.50. The summed E-state index contributed by atoms with van der Waals surface area (Å²) in [6.45, 7) is 0. The number of halogens is 2. The van der Waals surface area contributed by atoms with E-state index in [0.717, 1.165) is 25.4 Å². The highest BCUT2D eigenvalue weighted by Crippen LogP contribution is 2.35. The van der Waals surface area contributed by atoms with Gasteiger partial charge in [0.05, 0.1) is 17.4 Å². The minimum absolute atomic E-state index is 0.188. The molecule has 0 aliphatic heterocycles. The molecule has 1 aromatic rings. The van der Waals surface area contributed by atoms with Crippen molar-refractivity contribution < 1.29 is 26.8 Å². The van der Waals surface area contributed by atoms with Crippen LogP contribution >= 0.6 is 0 Å². The largest absolute Gasteiger partial charge is 0.383 e. The van der Waals surface area contributed by atoms with E-state index in [-0.39, 0.29) is 22.8 Å². The molecule has 0 heterocycles. The van der Waals surface area contributed by atoms with E-state index in [9.17, 15) is 26.8 Å². The number of hydrogen-bond donors (Lipinski definition) is 0. The molecule has 2 rings (SSSR count). The van der Waals surface area contributed by atoms with Gasteiger partial charge in [-0.1, -0.05) is 0 Å². The SMILES string of the molecule is CN(C)/C=C(/C(=O)c1ccc(F)c(F)c1N(C)S(C)(=O)=O)C(=O)C1CC1. The van der Waals surface area contributed by atoms with E-state index >= 15 is 0 Å². The molecule has 0 atom stereocenters. The summed E-state index contributed by atoms with van der Waals surface area (Å²) in [7, 11) is 0.278. The van der Waals surface area contributed by atoms with E-state index in [0.29, 0.717) is 17.1 Å². The maximum absolute atomic E-state index is 14.4. The van der Waals surface area contributed by atoms with Gasteiger partial charge in [0, 0.05) is 33.3 Å². The van der Waals surface area contributed by atoms with E-state index in [1.54, 1.807) is 14.1 Å². The molecule has 0 spiro atoms. The van der Waals surface area contributed by atoms with Crippen LogP contribution in [-0.4, -0.2) is 52.3 Å². The van der Waals surface area contributed by atoms with Gasteiger partial charge in [-0.15, -0.1) is 0 Å². The number of hydrogen-bond acceptors (Lipinski definition) is 5. The molecule has 1 aliphatic rings. The predicted molar refractivity (Wildman–Crippen MR) is 93.4 cm³/mol. The van der Waals surface area contributed by atoms with Gasteiger partial charge in [-0.2, -0.15) is 0 Å². The Morgan fingerprint density at radius 2 is 1.73 bits per heavy atom. The smallest absolute Gasteiger partial charge is 0.232 e. The number of Topliss-reactive ketones (excluding diaryl/α,β-unsaturated/α-hetero) is 2. The summed E-state index contributed by atoms with van der Waals surface area (Å²) in [4.78, 5) is 26.9. The van der Waals surface area contributed by atoms with E-state index in [1.807, 2.05) is 0 Å². The first-order chi connectivity index (χ1) is 11.9. The van der Waals surface area contributed by atoms with Crippen LogP contribution in [0.1, 0.15) is 23.2 Å². The maximum Gasteiger partial charge on any atom is 0.232 e. The zero-order chi connectivity index (χ0) is 19.8. The van der Waals surface area contributed by atoms with Gasteiger partial charge in [0.1, 0.15) is 5.69 Å². The van der Waals surface area contributed by atoms with Crippen molar-refractivity contribution >= 4 is 27.3 Å². The first-order valence-electron chi connectivity index (χ1n) is 7.84. The van der Waals surface area contributed by atoms with Gasteiger partial charge < -0.3 is 4.90 Å². The predicted octanol–water partition coefficient (Wildman–Crippen LogP) is 1.97. The van der Waals surface area contributed by atoms with Gasteiger partial charge >= 0.3 is 0 Å². The Balaban J connectivity index is 2.64. The van der Waals surface area contributed by atoms with Crippen molar-refractivity contribution in [3.8, 4) is 0 Å². The number of rotatable bonds is 7. The lowest BCUT2D eigenvalue weighted by molar-refractivity contribution is -0.116. The second-order valence-corrected chi connectivity index (χ2v) is 8.48. The summed E-state index contributed by atoms with van der Waals surface area (Å²) in [6.07, 6.45) is 3.43. The number of ketones is 2. The Hall–Kier alpha value is -2.29. The highest BCUT2D eigenvalue weighted by Gasteiger charge is 2.36. The number of nitrogens with zero attached hydrogens (tertiary/aromatic N) is 2. The third kappa shape index (κ3) is 4.09. The molecule has 0 N–H and O–H groups in total. The lowest BCUT2D eigenvalue weighted by atomic mass is 9.96. The molecule has 26 heavy (non-hydrogen) atoms. The second kappa shape index (κ2) is 7.14. The molecule has 1 aromatic carbocycles. The van der Waals surface area contributed by atoms with Crippen LogP contribution in [0.15, 0.2) is 23.9 Å². The van der Waals surface area contributed by atoms with Crippen LogP contribution in [0, 0.1) is 17.6 Å². The van der Waals surface area contributed by atoms with Crippen LogP contribution in [0.25, 0.3) is 0 Å². The number of carbonyl (C=O) groups excluding carboxylic acids is 2. The average molecular weight is 386 g/mol. The molecule has 142 valence electrons. The number of benzene rings is 1. The van der Waals surface area contributed by atoms with E-state index < -0.39 is 33.1 Å². The molecule has 0 radical (unpaired) electrons. The van der Waals surface area contributed by atoms with E-state index in [2.05, 4.69) is 0 Å². The fourth-order valence-electron chi connectivity index (χ4n) is 2.40. The van der Waals surface area contributed by atoms with Crippen molar-refractivity contribution in [3.05, 3.63) is 41.1 Å². The standard InChI is InChI=1S/C17H20F2N2O4S/c1-20(2)9-12(16(22)10-5-6-10)17(23)11-7-8-13(18)14(19)15(11)21(3)26(4,24)25/h7-10H,5-6H2,1-4H3/b12-9+. The molecular weight excluding hydrogens is 366 g/mol. The molecule has 0 saturated heterocycles. The monoisotopic (exact) mass is 386 g/mol. The molecule has 1 aliphatic carbocycles. The Morgan fingerprint density at radius 3 is 2.19 bits per heavy atom. The fourth-order valence-corrected chi connectivity index (χ4v) is 2.91. The van der Waals surface area contributed by atoms with Gasteiger partial charge in [0.25, 0.3) is 0 Å². The van der Waals surface area contributed by atoms with Gasteiger partial charge in [0.2, 0.25) is 10.0 Å². The molecule has 0 bridgehead atoms. The average Bonchev–Trinajstić information content (AvgIpc) is 3.37. The first-order valence-corrected chi connectivity index (χ1v) is 9.69. The van der Waals surface area contributed by atoms with E-state index in [4.69, 9.17) is 0 Å². The Bertz CT molecular complexity index is 890. The van der Waals surface area contributed by atoms with Crippen molar-refractivity contribution in [3.63, 3.8) is 0 Å². The molecule has 9 heteroatoms. The normalized spacial score (nSPS) is 14.9. The number of sulfonamides is 1. The third-order valence-electron chi connectivity index (χ3n) is 3.97. The molecule has 1 saturated carbocycles. The number of allylic oxidation sites excluding steroid dienone is 1. The molecule has 0 aromatic heterocycles. The Morgan fingerprint density at radius 1 is 1.15 bits per heavy atom. The zero-order valence-electron chi connectivity index (χ0n) is 14.9. The highest BCUT2D eigenvalue weighted by molar-refractivity contribution is 7.92. The quantitative estimate of drug-likeness (QED) is 0.310. The van der Waals surface area contributed by atoms with Gasteiger partial charge in [-0.05, 0) is 25.0 Å². The van der Waals surface area contributed by atoms with Crippen LogP contribution < -0.4 is 4.31 Å². The second-order valence-electron chi connectivity index (χ2n) is 6.46. The van der Waals surface area contributed by atoms with Crippen molar-refractivity contribution in [2.24, 2.45) is 5.92 Å². The minimum atomic E-state index is -3.96. The van der Waals surface area contributed by atoms with Crippen molar-refractivity contribution in [1.29, 1.82) is 0 Å². The first kappa shape index (κ1) is 20.0. The highest BCUT2D eigenvalue weighted by atomic mass is 32.2. The van der Waals surface area contributed by atoms with Crippen molar-refractivity contribution in [1.82, 2.24) is 4.90 Å². The van der Waals surface area contributed by atoms with Crippen molar-refractivity contribution in [2.75, 3.05) is 31.7 Å². The molecule has 1 fully saturated rings. The minimum Gasteiger partial charge on any atom is -0.383 e. The lowest BCUT2D eigenvalue weighted by Gasteiger charge is -2.21. The summed E-state index contributed by atoms with van der Waals surface area (Å²) in [5.74, 6) is -4.27. The van der Waals surface area contributed by atoms with Gasteiger partial charge in [0.15, 0.2) is 23.2 Å². The van der Waals surface area contributed by atoms with Gasteiger partial charge in [-0.25, -0.2) is 17.2 Å². The third-order valence-corrected chi connectivity index (χ3v) is 5.15. The van der Waals surface area contributed by atoms with Crippen LogP contribution in [0.3, 0.4) is 0 Å². The Labute approximate surface area is 151 Å². The topological polar surface area (TPSA) is 74.8 Å². The van der Waals surface area contributed by atoms with Crippen LogP contribution in [0.5, 0.6) is 0 Å². The summed E-state index contributed by atoms with van der Waals surface area (Å²) in [5, 5.41) is 0. The van der Waals surface area contributed by atoms with Crippen molar-refractivity contribution in [2.45, 2.75) is 12.8 Å².